The summed E-state index contributed by atoms with van der Waals surface area (Å²) in [6, 6.07) is 0. The van der Waals surface area contributed by atoms with Crippen LogP contribution < -0.4 is 0 Å². The summed E-state index contributed by atoms with van der Waals surface area (Å²) in [6.45, 7) is 3.66. The smallest absolute Gasteiger partial charge is 0.291 e. The van der Waals surface area contributed by atoms with Crippen molar-refractivity contribution >= 4 is 12.1 Å². The lowest BCUT2D eigenvalue weighted by Crippen LogP contribution is -2.31. The maximum absolute atomic E-state index is 14.1. The summed E-state index contributed by atoms with van der Waals surface area (Å²) in [6.07, 6.45) is 10.5. The lowest BCUT2D eigenvalue weighted by Gasteiger charge is -2.21. The molecule has 0 saturated carbocycles. The van der Waals surface area contributed by atoms with Gasteiger partial charge in [0.05, 0.1) is 0 Å². The number of aliphatic hydroxyl groups is 1. The van der Waals surface area contributed by atoms with E-state index in [0.717, 1.165) is 37.2 Å². The van der Waals surface area contributed by atoms with Gasteiger partial charge < -0.3 is 9.90 Å². The Morgan fingerprint density at radius 3 is 2.65 bits per heavy atom. The molecule has 0 bridgehead atoms. The van der Waals surface area contributed by atoms with E-state index in [4.69, 9.17) is 0 Å². The first-order chi connectivity index (χ1) is 12.3. The van der Waals surface area contributed by atoms with Gasteiger partial charge in [-0.25, -0.2) is 0 Å². The molecule has 1 rings (SSSR count). The normalized spacial score (nSPS) is 22.3. The lowest BCUT2D eigenvalue weighted by atomic mass is 9.87. The number of halogens is 2. The summed E-state index contributed by atoms with van der Waals surface area (Å²) in [4.78, 5) is 22.4. The molecule has 0 amide bonds. The van der Waals surface area contributed by atoms with Gasteiger partial charge in [-0.05, 0) is 44.8 Å². The molecular formula is C21H30F2O3. The molecular weight excluding hydrogens is 338 g/mol. The molecule has 0 aromatic rings. The van der Waals surface area contributed by atoms with Crippen molar-refractivity contribution in [2.75, 3.05) is 0 Å². The van der Waals surface area contributed by atoms with Gasteiger partial charge in [0, 0.05) is 18.3 Å². The molecule has 0 radical (unpaired) electrons. The summed E-state index contributed by atoms with van der Waals surface area (Å²) in [5, 5.41) is 9.69. The number of aldehydes is 1. The van der Waals surface area contributed by atoms with Crippen molar-refractivity contribution in [2.45, 2.75) is 70.8 Å². The van der Waals surface area contributed by atoms with Crippen molar-refractivity contribution in [3.8, 4) is 0 Å². The maximum Gasteiger partial charge on any atom is 0.291 e. The van der Waals surface area contributed by atoms with Crippen molar-refractivity contribution in [1.82, 2.24) is 0 Å². The number of hydrogen-bond donors (Lipinski definition) is 1. The minimum atomic E-state index is -3.30. The minimum absolute atomic E-state index is 0.0514. The molecule has 0 fully saturated rings. The molecule has 0 heterocycles. The fourth-order valence-corrected chi connectivity index (χ4v) is 3.08. The maximum atomic E-state index is 14.1. The summed E-state index contributed by atoms with van der Waals surface area (Å²) < 4.78 is 28.2. The highest BCUT2D eigenvalue weighted by Gasteiger charge is 2.37. The van der Waals surface area contributed by atoms with Crippen molar-refractivity contribution in [3.05, 3.63) is 36.0 Å². The number of carbonyl (C=O) groups excluding carboxylic acids is 2. The third-order valence-electron chi connectivity index (χ3n) is 4.75. The van der Waals surface area contributed by atoms with Gasteiger partial charge in [0.25, 0.3) is 5.92 Å². The lowest BCUT2D eigenvalue weighted by molar-refractivity contribution is -0.118. The van der Waals surface area contributed by atoms with Crippen LogP contribution in [0.15, 0.2) is 36.0 Å². The number of aliphatic hydroxyl groups excluding tert-OH is 1. The Kier molecular flexibility index (Phi) is 9.63. The van der Waals surface area contributed by atoms with E-state index in [1.807, 2.05) is 19.1 Å². The van der Waals surface area contributed by atoms with Gasteiger partial charge in [0.2, 0.25) is 0 Å². The van der Waals surface area contributed by atoms with E-state index >= 15 is 0 Å². The van der Waals surface area contributed by atoms with Gasteiger partial charge >= 0.3 is 0 Å². The number of hydrogen-bond acceptors (Lipinski definition) is 3. The van der Waals surface area contributed by atoms with Gasteiger partial charge in [-0.15, -0.1) is 0 Å². The van der Waals surface area contributed by atoms with Crippen molar-refractivity contribution in [3.63, 3.8) is 0 Å². The fraction of sp³-hybridized carbons (Fsp3) is 0.619. The Morgan fingerprint density at radius 2 is 2.00 bits per heavy atom. The zero-order valence-electron chi connectivity index (χ0n) is 15.7. The van der Waals surface area contributed by atoms with Crippen molar-refractivity contribution in [1.29, 1.82) is 0 Å². The molecule has 0 aliphatic heterocycles. The average Bonchev–Trinajstić information content (AvgIpc) is 2.87. The second-order valence-corrected chi connectivity index (χ2v) is 6.92. The molecule has 1 aliphatic rings. The van der Waals surface area contributed by atoms with E-state index in [0.29, 0.717) is 19.3 Å². The number of ketones is 1. The summed E-state index contributed by atoms with van der Waals surface area (Å²) in [5.74, 6) is -4.09. The summed E-state index contributed by atoms with van der Waals surface area (Å²) >= 11 is 0. The second-order valence-electron chi connectivity index (χ2n) is 6.92. The van der Waals surface area contributed by atoms with Crippen LogP contribution in [-0.2, 0) is 9.59 Å². The molecule has 5 heteroatoms. The van der Waals surface area contributed by atoms with Crippen LogP contribution in [0.5, 0.6) is 0 Å². The molecule has 1 N–H and O–H groups in total. The largest absolute Gasteiger partial charge is 0.386 e. The Hall–Kier alpha value is -1.62. The second kappa shape index (κ2) is 11.2. The first kappa shape index (κ1) is 22.4. The van der Waals surface area contributed by atoms with Gasteiger partial charge in [0.15, 0.2) is 5.78 Å². The standard InChI is InChI=1S/C21H30F2O3/c1-3-4-11-20(26)21(22,23)13-12-17-16(2)15-19(25)18(17)10-8-6-5-7-9-14-24/h6,8,12-15,17-18,20,26H,3-5,7,9-11H2,1-2H3/b8-6-,13-12+/t17-,18+,20?/m0/s1. The Labute approximate surface area is 154 Å². The van der Waals surface area contributed by atoms with Gasteiger partial charge in [0.1, 0.15) is 12.4 Å². The summed E-state index contributed by atoms with van der Waals surface area (Å²) in [5.41, 5.74) is 0.768. The van der Waals surface area contributed by atoms with Gasteiger partial charge in [-0.2, -0.15) is 8.78 Å². The number of unbranched alkanes of at least 4 members (excludes halogenated alkanes) is 3. The Balaban J connectivity index is 2.70. The minimum Gasteiger partial charge on any atom is -0.386 e. The van der Waals surface area contributed by atoms with Crippen LogP contribution in [0.2, 0.25) is 0 Å². The van der Waals surface area contributed by atoms with Crippen LogP contribution in [0.4, 0.5) is 8.78 Å². The van der Waals surface area contributed by atoms with E-state index in [2.05, 4.69) is 0 Å². The Bertz CT molecular complexity index is 549. The summed E-state index contributed by atoms with van der Waals surface area (Å²) in [7, 11) is 0. The SMILES string of the molecule is CCCCC(O)C(F)(F)/C=C/[C@H]1C(C)=CC(=O)[C@@H]1C/C=C\CCCC=O. The zero-order valence-corrected chi connectivity index (χ0v) is 15.7. The zero-order chi connectivity index (χ0) is 19.6. The first-order valence-electron chi connectivity index (χ1n) is 9.39. The van der Waals surface area contributed by atoms with E-state index in [-0.39, 0.29) is 24.0 Å². The average molecular weight is 368 g/mol. The van der Waals surface area contributed by atoms with Crippen molar-refractivity contribution < 1.29 is 23.5 Å². The molecule has 3 atom stereocenters. The molecule has 3 nitrogen and oxygen atoms in total. The van der Waals surface area contributed by atoms with Gasteiger partial charge in [-0.3, -0.25) is 4.79 Å². The number of allylic oxidation sites excluding steroid dienone is 5. The molecule has 146 valence electrons. The quantitative estimate of drug-likeness (QED) is 0.306. The third-order valence-corrected chi connectivity index (χ3v) is 4.75. The number of alkyl halides is 2. The highest BCUT2D eigenvalue weighted by atomic mass is 19.3. The molecule has 26 heavy (non-hydrogen) atoms. The van der Waals surface area contributed by atoms with E-state index in [9.17, 15) is 23.5 Å². The van der Waals surface area contributed by atoms with Crippen LogP contribution >= 0.6 is 0 Å². The molecule has 0 spiro atoms. The topological polar surface area (TPSA) is 54.4 Å². The number of rotatable bonds is 12. The van der Waals surface area contributed by atoms with Crippen molar-refractivity contribution in [2.24, 2.45) is 11.8 Å². The Morgan fingerprint density at radius 1 is 1.27 bits per heavy atom. The fourth-order valence-electron chi connectivity index (χ4n) is 3.08. The van der Waals surface area contributed by atoms with Crippen LogP contribution in [0.25, 0.3) is 0 Å². The highest BCUT2D eigenvalue weighted by Crippen LogP contribution is 2.35. The monoisotopic (exact) mass is 368 g/mol. The van der Waals surface area contributed by atoms with E-state index in [1.54, 1.807) is 6.92 Å². The predicted molar refractivity (Wildman–Crippen MR) is 99.0 cm³/mol. The van der Waals surface area contributed by atoms with E-state index < -0.39 is 12.0 Å². The van der Waals surface area contributed by atoms with Gasteiger partial charge in [-0.1, -0.05) is 43.6 Å². The molecule has 1 aliphatic carbocycles. The molecule has 0 aromatic carbocycles. The first-order valence-corrected chi connectivity index (χ1v) is 9.39. The van der Waals surface area contributed by atoms with Crippen LogP contribution in [0.1, 0.15) is 58.8 Å². The van der Waals surface area contributed by atoms with Crippen LogP contribution in [0.3, 0.4) is 0 Å². The third kappa shape index (κ3) is 6.94. The predicted octanol–water partition coefficient (Wildman–Crippen LogP) is 4.81. The molecule has 0 aromatic heterocycles. The van der Waals surface area contributed by atoms with Crippen LogP contribution in [-0.4, -0.2) is 29.2 Å². The molecule has 1 unspecified atom stereocenters. The van der Waals surface area contributed by atoms with E-state index in [1.165, 1.54) is 12.2 Å². The van der Waals surface area contributed by atoms with Crippen LogP contribution in [0, 0.1) is 11.8 Å². The highest BCUT2D eigenvalue weighted by molar-refractivity contribution is 5.96. The molecule has 0 saturated heterocycles. The number of carbonyl (C=O) groups is 2.